The van der Waals surface area contributed by atoms with Crippen molar-refractivity contribution in [1.29, 1.82) is 0 Å². The molecule has 10 heteroatoms. The van der Waals surface area contributed by atoms with E-state index in [2.05, 4.69) is 5.32 Å². The molecule has 1 aromatic carbocycles. The summed E-state index contributed by atoms with van der Waals surface area (Å²) < 4.78 is 31.9. The minimum absolute atomic E-state index is 0. The van der Waals surface area contributed by atoms with E-state index in [9.17, 15) is 27.7 Å². The van der Waals surface area contributed by atoms with Crippen LogP contribution >= 0.6 is 0 Å². The normalized spacial score (nSPS) is 10.2. The van der Waals surface area contributed by atoms with Crippen LogP contribution in [0.5, 0.6) is 0 Å². The van der Waals surface area contributed by atoms with E-state index in [4.69, 9.17) is 0 Å². The van der Waals surface area contributed by atoms with Gasteiger partial charge in [0.15, 0.2) is 0 Å². The summed E-state index contributed by atoms with van der Waals surface area (Å²) in [5.74, 6) is -2.24. The predicted octanol–water partition coefficient (Wildman–Crippen LogP) is -7.16. The van der Waals surface area contributed by atoms with E-state index < -0.39 is 26.9 Å². The first kappa shape index (κ1) is 22.1. The predicted molar refractivity (Wildman–Crippen MR) is 57.2 cm³/mol. The van der Waals surface area contributed by atoms with Gasteiger partial charge in [0.05, 0.1) is 10.9 Å². The second kappa shape index (κ2) is 9.69. The fourth-order valence-corrected chi connectivity index (χ4v) is 1.50. The second-order valence-corrected chi connectivity index (χ2v) is 4.50. The molecule has 20 heavy (non-hydrogen) atoms. The molecule has 96 valence electrons. The average molecular weight is 315 g/mol. The maximum Gasteiger partial charge on any atom is 1.00 e. The van der Waals surface area contributed by atoms with Gasteiger partial charge in [-0.15, -0.1) is 0 Å². The molecule has 1 rings (SSSR count). The molecule has 0 atom stereocenters. The summed E-state index contributed by atoms with van der Waals surface area (Å²) in [4.78, 5) is 20.7. The number of nitrogens with one attached hydrogen (secondary N) is 1. The number of carboxylic acid groups (broad SMARTS) is 1. The van der Waals surface area contributed by atoms with Crippen molar-refractivity contribution in [3.8, 4) is 0 Å². The Kier molecular flexibility index (Phi) is 10.7. The number of hydrogen-bond donors (Lipinski definition) is 1. The number of carbonyl (C=O) groups is 2. The first-order valence-electron chi connectivity index (χ1n) is 4.55. The molecule has 0 heterocycles. The van der Waals surface area contributed by atoms with Gasteiger partial charge >= 0.3 is 59.1 Å². The van der Waals surface area contributed by atoms with Gasteiger partial charge in [-0.25, -0.2) is 8.42 Å². The fourth-order valence-electron chi connectivity index (χ4n) is 1.03. The molecule has 0 aliphatic heterocycles. The zero-order valence-electron chi connectivity index (χ0n) is 10.8. The van der Waals surface area contributed by atoms with Crippen LogP contribution in [0.1, 0.15) is 0 Å². The quantitative estimate of drug-likeness (QED) is 0.334. The van der Waals surface area contributed by atoms with E-state index >= 15 is 0 Å². The van der Waals surface area contributed by atoms with Gasteiger partial charge in [0.25, 0.3) is 0 Å². The van der Waals surface area contributed by atoms with Crippen LogP contribution in [0.4, 0.5) is 5.69 Å². The molecule has 1 N–H and O–H groups in total. The number of rotatable bonds is 4. The Balaban J connectivity index is 0. The van der Waals surface area contributed by atoms with Crippen molar-refractivity contribution in [3.05, 3.63) is 36.4 Å². The molecular weight excluding hydrogens is 308 g/mol. The summed E-state index contributed by atoms with van der Waals surface area (Å²) in [5, 5.41) is 12.3. The third-order valence-corrected chi connectivity index (χ3v) is 2.63. The van der Waals surface area contributed by atoms with Crippen molar-refractivity contribution >= 4 is 27.7 Å². The maximum atomic E-state index is 11.1. The van der Waals surface area contributed by atoms with Crippen LogP contribution in [0.25, 0.3) is 0 Å². The zero-order valence-corrected chi connectivity index (χ0v) is 15.6. The van der Waals surface area contributed by atoms with Crippen molar-refractivity contribution in [3.63, 3.8) is 0 Å². The Hall–Kier alpha value is -0.190. The second-order valence-electron chi connectivity index (χ2n) is 3.12. The molecule has 0 aliphatic rings. The molecule has 7 nitrogen and oxygen atoms in total. The number of aliphatic carboxylic acids is 1. The molecule has 0 aliphatic carbocycles. The number of anilines is 1. The van der Waals surface area contributed by atoms with Crippen LogP contribution in [0, 0.1) is 0 Å². The van der Waals surface area contributed by atoms with Crippen molar-refractivity contribution in [2.75, 3.05) is 5.32 Å². The van der Waals surface area contributed by atoms with Crippen LogP contribution in [0.2, 0.25) is 0 Å². The summed E-state index contributed by atoms with van der Waals surface area (Å²) in [6, 6.07) is 4.46. The zero-order chi connectivity index (χ0) is 13.8. The molecule has 0 radical (unpaired) electrons. The van der Waals surface area contributed by atoms with E-state index in [1.807, 2.05) is 0 Å². The van der Waals surface area contributed by atoms with Gasteiger partial charge in [0, 0.05) is 11.8 Å². The van der Waals surface area contributed by atoms with Crippen LogP contribution in [0.15, 0.2) is 41.3 Å². The summed E-state index contributed by atoms with van der Waals surface area (Å²) in [5.41, 5.74) is 0.218. The number of carbonyl (C=O) groups excluding carboxylic acids is 2. The molecular formula is C10H7NNa2O6S. The van der Waals surface area contributed by atoms with Gasteiger partial charge in [-0.2, -0.15) is 0 Å². The molecule has 0 saturated heterocycles. The fraction of sp³-hybridized carbons (Fsp3) is 0. The minimum atomic E-state index is -4.53. The number of carboxylic acids is 1. The smallest absolute Gasteiger partial charge is 0.744 e. The molecule has 0 fully saturated rings. The van der Waals surface area contributed by atoms with Crippen molar-refractivity contribution in [1.82, 2.24) is 0 Å². The Morgan fingerprint density at radius 1 is 1.05 bits per heavy atom. The van der Waals surface area contributed by atoms with E-state index in [-0.39, 0.29) is 64.8 Å². The third-order valence-electron chi connectivity index (χ3n) is 1.78. The molecule has 0 unspecified atom stereocenters. The van der Waals surface area contributed by atoms with Gasteiger partial charge in [-0.05, 0) is 30.3 Å². The molecule has 0 saturated carbocycles. The summed E-state index contributed by atoms with van der Waals surface area (Å²) in [7, 11) is -4.53. The van der Waals surface area contributed by atoms with Crippen molar-refractivity contribution in [2.24, 2.45) is 0 Å². The van der Waals surface area contributed by atoms with Gasteiger partial charge in [-0.3, -0.25) is 4.79 Å². The topological polar surface area (TPSA) is 126 Å². The Morgan fingerprint density at radius 2 is 1.55 bits per heavy atom. The standard InChI is InChI=1S/C10H9NO6S.2Na/c12-9(5-6-10(13)14)11-7-1-3-8(4-2-7)18(15,16)17;;/h1-6H,(H,11,12)(H,13,14)(H,15,16,17);;/q;2*+1/p-2/b6-5-;;. The van der Waals surface area contributed by atoms with Gasteiger partial charge in [0.2, 0.25) is 5.91 Å². The first-order chi connectivity index (χ1) is 8.29. The van der Waals surface area contributed by atoms with Crippen LogP contribution < -0.4 is 69.5 Å². The monoisotopic (exact) mass is 315 g/mol. The summed E-state index contributed by atoms with van der Waals surface area (Å²) in [6.07, 6.45) is 1.29. The molecule has 0 spiro atoms. The summed E-state index contributed by atoms with van der Waals surface area (Å²) >= 11 is 0. The number of hydrogen-bond acceptors (Lipinski definition) is 6. The molecule has 0 aromatic heterocycles. The molecule has 1 amide bonds. The van der Waals surface area contributed by atoms with Gasteiger partial charge in [-0.1, -0.05) is 0 Å². The largest absolute Gasteiger partial charge is 1.00 e. The van der Waals surface area contributed by atoms with Gasteiger partial charge in [0.1, 0.15) is 10.1 Å². The van der Waals surface area contributed by atoms with E-state index in [1.165, 1.54) is 12.1 Å². The Morgan fingerprint density at radius 3 is 1.95 bits per heavy atom. The van der Waals surface area contributed by atoms with E-state index in [1.54, 1.807) is 0 Å². The molecule has 0 bridgehead atoms. The van der Waals surface area contributed by atoms with E-state index in [0.717, 1.165) is 18.2 Å². The first-order valence-corrected chi connectivity index (χ1v) is 5.96. The Bertz CT molecular complexity index is 597. The van der Waals surface area contributed by atoms with Crippen LogP contribution in [-0.2, 0) is 19.7 Å². The van der Waals surface area contributed by atoms with Crippen molar-refractivity contribution < 1.29 is 86.8 Å². The van der Waals surface area contributed by atoms with Crippen molar-refractivity contribution in [2.45, 2.75) is 4.90 Å². The number of amides is 1. The summed E-state index contributed by atoms with van der Waals surface area (Å²) in [6.45, 7) is 0. The minimum Gasteiger partial charge on any atom is -0.744 e. The SMILES string of the molecule is O=C([O-])/C=C\C(=O)Nc1ccc(S(=O)(=O)[O-])cc1.[Na+].[Na+]. The maximum absolute atomic E-state index is 11.1. The molecule has 1 aromatic rings. The average Bonchev–Trinajstić information content (AvgIpc) is 2.26. The van der Waals surface area contributed by atoms with Crippen LogP contribution in [0.3, 0.4) is 0 Å². The van der Waals surface area contributed by atoms with E-state index in [0.29, 0.717) is 6.08 Å². The van der Waals surface area contributed by atoms with Crippen LogP contribution in [-0.4, -0.2) is 24.8 Å². The van der Waals surface area contributed by atoms with Gasteiger partial charge < -0.3 is 19.8 Å². The Labute approximate surface area is 159 Å². The number of benzene rings is 1. The third kappa shape index (κ3) is 8.18.